The van der Waals surface area contributed by atoms with Crippen LogP contribution < -0.4 is 10.6 Å². The summed E-state index contributed by atoms with van der Waals surface area (Å²) in [6.07, 6.45) is -1.05. The highest BCUT2D eigenvalue weighted by atomic mass is 19.2. The van der Waals surface area contributed by atoms with Gasteiger partial charge >= 0.3 is 0 Å². The van der Waals surface area contributed by atoms with Gasteiger partial charge in [-0.1, -0.05) is 0 Å². The van der Waals surface area contributed by atoms with Crippen LogP contribution in [0.2, 0.25) is 0 Å². The minimum Gasteiger partial charge on any atom is -0.297 e. The van der Waals surface area contributed by atoms with Crippen molar-refractivity contribution in [2.75, 3.05) is 13.1 Å². The summed E-state index contributed by atoms with van der Waals surface area (Å²) < 4.78 is 64.9. The predicted molar refractivity (Wildman–Crippen MR) is 45.0 cm³/mol. The summed E-state index contributed by atoms with van der Waals surface area (Å²) in [7, 11) is 0. The van der Waals surface area contributed by atoms with Crippen LogP contribution in [0.1, 0.15) is 11.7 Å². The summed E-state index contributed by atoms with van der Waals surface area (Å²) in [5.41, 5.74) is -0.867. The van der Waals surface area contributed by atoms with Gasteiger partial charge in [0, 0.05) is 13.1 Å². The molecule has 2 rings (SSSR count). The third-order valence-electron chi connectivity index (χ3n) is 2.35. The maximum Gasteiger partial charge on any atom is 0.200 e. The molecular formula is C9H7F5N2. The monoisotopic (exact) mass is 238 g/mol. The molecule has 16 heavy (non-hydrogen) atoms. The minimum atomic E-state index is -2.14. The zero-order valence-electron chi connectivity index (χ0n) is 7.88. The molecule has 1 aliphatic rings. The standard InChI is InChI=1S/C9H7F5N2/c10-4-3(9-15-1-2-16-9)5(11)7(13)8(14)6(4)12/h9,15-16H,1-2H2. The molecule has 7 heteroatoms. The van der Waals surface area contributed by atoms with E-state index in [0.717, 1.165) is 0 Å². The van der Waals surface area contributed by atoms with Crippen LogP contribution in [0.25, 0.3) is 0 Å². The van der Waals surface area contributed by atoms with E-state index in [9.17, 15) is 22.0 Å². The molecule has 0 unspecified atom stereocenters. The van der Waals surface area contributed by atoms with Gasteiger partial charge in [0.05, 0.1) is 11.7 Å². The van der Waals surface area contributed by atoms with E-state index in [0.29, 0.717) is 13.1 Å². The zero-order chi connectivity index (χ0) is 11.9. The fourth-order valence-corrected chi connectivity index (χ4v) is 1.58. The lowest BCUT2D eigenvalue weighted by molar-refractivity contribution is 0.357. The van der Waals surface area contributed by atoms with Crippen LogP contribution in [-0.4, -0.2) is 13.1 Å². The van der Waals surface area contributed by atoms with E-state index in [2.05, 4.69) is 10.6 Å². The fraction of sp³-hybridized carbons (Fsp3) is 0.333. The lowest BCUT2D eigenvalue weighted by Gasteiger charge is -2.14. The molecule has 2 N–H and O–H groups in total. The Bertz CT molecular complexity index is 399. The quantitative estimate of drug-likeness (QED) is 0.441. The molecular weight excluding hydrogens is 231 g/mol. The number of hydrogen-bond donors (Lipinski definition) is 2. The summed E-state index contributed by atoms with van der Waals surface area (Å²) in [6.45, 7) is 0.786. The lowest BCUT2D eigenvalue weighted by atomic mass is 10.1. The Morgan fingerprint density at radius 2 is 1.06 bits per heavy atom. The first kappa shape index (κ1) is 11.3. The van der Waals surface area contributed by atoms with Crippen LogP contribution in [0.4, 0.5) is 22.0 Å². The van der Waals surface area contributed by atoms with E-state index in [1.807, 2.05) is 0 Å². The number of nitrogens with one attached hydrogen (secondary N) is 2. The summed E-state index contributed by atoms with van der Waals surface area (Å²) in [4.78, 5) is 0. The molecule has 0 aliphatic carbocycles. The Labute approximate surface area is 87.4 Å². The molecule has 0 aromatic heterocycles. The predicted octanol–water partition coefficient (Wildman–Crippen LogP) is 1.57. The molecule has 1 aromatic rings. The van der Waals surface area contributed by atoms with E-state index < -0.39 is 40.8 Å². The van der Waals surface area contributed by atoms with Gasteiger partial charge in [-0.25, -0.2) is 22.0 Å². The fourth-order valence-electron chi connectivity index (χ4n) is 1.58. The van der Waals surface area contributed by atoms with Crippen LogP contribution in [0.5, 0.6) is 0 Å². The Morgan fingerprint density at radius 1 is 0.688 bits per heavy atom. The van der Waals surface area contributed by atoms with Crippen LogP contribution in [0.15, 0.2) is 0 Å². The molecule has 0 saturated carbocycles. The lowest BCUT2D eigenvalue weighted by Crippen LogP contribution is -2.25. The molecule has 0 amide bonds. The van der Waals surface area contributed by atoms with Crippen LogP contribution in [0, 0.1) is 29.1 Å². The number of rotatable bonds is 1. The van der Waals surface area contributed by atoms with Gasteiger partial charge in [-0.15, -0.1) is 0 Å². The molecule has 88 valence electrons. The first-order valence-corrected chi connectivity index (χ1v) is 4.52. The Kier molecular flexibility index (Phi) is 2.81. The van der Waals surface area contributed by atoms with Crippen molar-refractivity contribution in [2.24, 2.45) is 0 Å². The van der Waals surface area contributed by atoms with Gasteiger partial charge < -0.3 is 0 Å². The van der Waals surface area contributed by atoms with Crippen LogP contribution >= 0.6 is 0 Å². The Balaban J connectivity index is 2.59. The molecule has 1 heterocycles. The second kappa shape index (κ2) is 3.99. The van der Waals surface area contributed by atoms with Crippen molar-refractivity contribution < 1.29 is 22.0 Å². The highest BCUT2D eigenvalue weighted by Gasteiger charge is 2.31. The minimum absolute atomic E-state index is 0.393. The largest absolute Gasteiger partial charge is 0.297 e. The molecule has 2 nitrogen and oxygen atoms in total. The second-order valence-electron chi connectivity index (χ2n) is 3.32. The Hall–Kier alpha value is -1.21. The van der Waals surface area contributed by atoms with Gasteiger partial charge in [-0.2, -0.15) is 0 Å². The van der Waals surface area contributed by atoms with Crippen molar-refractivity contribution >= 4 is 0 Å². The summed E-state index contributed by atoms with van der Waals surface area (Å²) in [5, 5.41) is 5.16. The summed E-state index contributed by atoms with van der Waals surface area (Å²) in [6, 6.07) is 0. The van der Waals surface area contributed by atoms with Crippen molar-refractivity contribution in [3.8, 4) is 0 Å². The smallest absolute Gasteiger partial charge is 0.200 e. The highest BCUT2D eigenvalue weighted by Crippen LogP contribution is 2.27. The maximum absolute atomic E-state index is 13.3. The summed E-state index contributed by atoms with van der Waals surface area (Å²) >= 11 is 0. The molecule has 1 fully saturated rings. The van der Waals surface area contributed by atoms with Crippen molar-refractivity contribution in [1.29, 1.82) is 0 Å². The van der Waals surface area contributed by atoms with Crippen molar-refractivity contribution in [1.82, 2.24) is 10.6 Å². The van der Waals surface area contributed by atoms with Gasteiger partial charge in [-0.3, -0.25) is 10.6 Å². The zero-order valence-corrected chi connectivity index (χ0v) is 7.88. The van der Waals surface area contributed by atoms with Gasteiger partial charge in [0.2, 0.25) is 5.82 Å². The first-order valence-electron chi connectivity index (χ1n) is 4.52. The van der Waals surface area contributed by atoms with E-state index in [4.69, 9.17) is 0 Å². The van der Waals surface area contributed by atoms with Gasteiger partial charge in [0.25, 0.3) is 0 Å². The highest BCUT2D eigenvalue weighted by molar-refractivity contribution is 5.27. The average Bonchev–Trinajstić information content (AvgIpc) is 2.77. The normalized spacial score (nSPS) is 17.1. The molecule has 0 radical (unpaired) electrons. The van der Waals surface area contributed by atoms with Crippen molar-refractivity contribution in [3.63, 3.8) is 0 Å². The van der Waals surface area contributed by atoms with Gasteiger partial charge in [0.15, 0.2) is 23.3 Å². The van der Waals surface area contributed by atoms with E-state index in [-0.39, 0.29) is 0 Å². The average molecular weight is 238 g/mol. The SMILES string of the molecule is Fc1c(F)c(F)c(C2NCCN2)c(F)c1F. The molecule has 0 bridgehead atoms. The first-order chi connectivity index (χ1) is 7.54. The van der Waals surface area contributed by atoms with Crippen molar-refractivity contribution in [2.45, 2.75) is 6.17 Å². The number of hydrogen-bond acceptors (Lipinski definition) is 2. The molecule has 1 saturated heterocycles. The summed E-state index contributed by atoms with van der Waals surface area (Å²) in [5.74, 6) is -9.60. The maximum atomic E-state index is 13.3. The topological polar surface area (TPSA) is 24.1 Å². The molecule has 1 aromatic carbocycles. The number of benzene rings is 1. The van der Waals surface area contributed by atoms with Gasteiger partial charge in [0.1, 0.15) is 0 Å². The molecule has 0 spiro atoms. The van der Waals surface area contributed by atoms with Crippen LogP contribution in [-0.2, 0) is 0 Å². The Morgan fingerprint density at radius 3 is 1.50 bits per heavy atom. The van der Waals surface area contributed by atoms with E-state index >= 15 is 0 Å². The third kappa shape index (κ3) is 1.56. The molecule has 0 atom stereocenters. The second-order valence-corrected chi connectivity index (χ2v) is 3.32. The number of halogens is 5. The molecule has 1 aliphatic heterocycles. The third-order valence-corrected chi connectivity index (χ3v) is 2.35. The van der Waals surface area contributed by atoms with Crippen molar-refractivity contribution in [3.05, 3.63) is 34.6 Å². The van der Waals surface area contributed by atoms with E-state index in [1.165, 1.54) is 0 Å². The van der Waals surface area contributed by atoms with Crippen LogP contribution in [0.3, 0.4) is 0 Å². The van der Waals surface area contributed by atoms with Gasteiger partial charge in [-0.05, 0) is 0 Å². The van der Waals surface area contributed by atoms with E-state index in [1.54, 1.807) is 0 Å².